The second-order valence-corrected chi connectivity index (χ2v) is 16.1. The fraction of sp³-hybridized carbons (Fsp3) is 0.879. The summed E-state index contributed by atoms with van der Waals surface area (Å²) in [4.78, 5) is 50.1. The Morgan fingerprint density at radius 2 is 0.952 bits per heavy atom. The van der Waals surface area contributed by atoms with Crippen molar-refractivity contribution in [2.45, 2.75) is 150 Å². The fourth-order valence-corrected chi connectivity index (χ4v) is 7.83. The summed E-state index contributed by atoms with van der Waals surface area (Å²) < 4.78 is 77.0. The van der Waals surface area contributed by atoms with E-state index in [0.29, 0.717) is 0 Å². The molecule has 4 rings (SSSR count). The van der Waals surface area contributed by atoms with Crippen molar-refractivity contribution in [3.63, 3.8) is 0 Å². The molecule has 358 valence electrons. The highest BCUT2D eigenvalue weighted by Crippen LogP contribution is 2.35. The average molecular weight is 925 g/mol. The minimum Gasteiger partial charge on any atom is -0.394 e. The Morgan fingerprint density at radius 3 is 1.35 bits per heavy atom. The minimum absolute atomic E-state index is 0.622. The quantitative estimate of drug-likeness (QED) is 0.0639. The maximum Gasteiger partial charge on any atom is 0.397 e. The molecule has 0 aliphatic carbocycles. The third kappa shape index (κ3) is 12.3. The van der Waals surface area contributed by atoms with E-state index in [0.717, 1.165) is 32.6 Å². The predicted molar refractivity (Wildman–Crippen MR) is 195 cm³/mol. The molecule has 3 unspecified atom stereocenters. The van der Waals surface area contributed by atoms with Gasteiger partial charge in [0, 0.05) is 34.7 Å². The molecule has 0 bridgehead atoms. The van der Waals surface area contributed by atoms with Gasteiger partial charge in [-0.15, -0.1) is 0 Å². The highest BCUT2D eigenvalue weighted by atomic mass is 32.3. The second-order valence-electron chi connectivity index (χ2n) is 15.0. The highest BCUT2D eigenvalue weighted by Gasteiger charge is 2.56. The van der Waals surface area contributed by atoms with Gasteiger partial charge in [0.15, 0.2) is 25.2 Å². The van der Waals surface area contributed by atoms with E-state index in [2.05, 4.69) is 20.1 Å². The van der Waals surface area contributed by atoms with Crippen molar-refractivity contribution < 1.29 is 115 Å². The number of carbonyl (C=O) groups excluding carboxylic acids is 4. The molecule has 4 aliphatic heterocycles. The van der Waals surface area contributed by atoms with Crippen LogP contribution in [0.5, 0.6) is 0 Å². The number of aliphatic hydroxyl groups excluding tert-OH is 9. The van der Waals surface area contributed by atoms with Crippen molar-refractivity contribution >= 4 is 34.0 Å². The third-order valence-corrected chi connectivity index (χ3v) is 11.0. The first-order valence-electron chi connectivity index (χ1n) is 19.1. The van der Waals surface area contributed by atoms with Crippen molar-refractivity contribution in [3.8, 4) is 0 Å². The summed E-state index contributed by atoms with van der Waals surface area (Å²) in [5.41, 5.74) is 0. The maximum absolute atomic E-state index is 12.5. The number of nitrogens with one attached hydrogen (secondary N) is 3. The van der Waals surface area contributed by atoms with E-state index in [-0.39, 0.29) is 0 Å². The summed E-state index contributed by atoms with van der Waals surface area (Å²) in [5, 5.41) is 104. The van der Waals surface area contributed by atoms with E-state index >= 15 is 0 Å². The molecule has 0 saturated carbocycles. The van der Waals surface area contributed by atoms with Crippen LogP contribution in [0.3, 0.4) is 0 Å². The van der Waals surface area contributed by atoms with Gasteiger partial charge in [-0.25, -0.2) is 4.18 Å². The van der Waals surface area contributed by atoms with Crippen LogP contribution in [0.15, 0.2) is 0 Å². The summed E-state index contributed by atoms with van der Waals surface area (Å²) in [5.74, 6) is -3.00. The van der Waals surface area contributed by atoms with Crippen molar-refractivity contribution in [1.82, 2.24) is 20.9 Å². The van der Waals surface area contributed by atoms with Crippen LogP contribution in [-0.4, -0.2) is 244 Å². The Kier molecular flexibility index (Phi) is 18.2. The van der Waals surface area contributed by atoms with Crippen molar-refractivity contribution in [1.29, 1.82) is 0 Å². The number of aliphatic hydroxyl groups is 9. The van der Waals surface area contributed by atoms with Gasteiger partial charge in [0.1, 0.15) is 97.4 Å². The van der Waals surface area contributed by atoms with Gasteiger partial charge in [0.25, 0.3) is 0 Å². The van der Waals surface area contributed by atoms with E-state index in [1.807, 2.05) is 0 Å². The van der Waals surface area contributed by atoms with Gasteiger partial charge in [0.2, 0.25) is 23.6 Å². The van der Waals surface area contributed by atoms with Crippen LogP contribution in [0.4, 0.5) is 0 Å². The van der Waals surface area contributed by atoms with Crippen LogP contribution in [0.1, 0.15) is 27.7 Å². The van der Waals surface area contributed by atoms with Gasteiger partial charge < -0.3 is 100.0 Å². The predicted octanol–water partition coefficient (Wildman–Crippen LogP) is -9.00. The lowest BCUT2D eigenvalue weighted by Gasteiger charge is -2.51. The molecule has 20 atom stereocenters. The molecule has 28 nitrogen and oxygen atoms in total. The minimum atomic E-state index is -5.14. The molecule has 13 N–H and O–H groups in total. The van der Waals surface area contributed by atoms with Gasteiger partial charge in [0.05, 0.1) is 26.4 Å². The number of amides is 4. The molecule has 0 aromatic rings. The standard InChI is InChI=1S/C33H56N4O24S/c1-10(41)34-18-23(46)29(17(55-30(18)50)9-54-62(51,52)53)60-32-19(35-11(2)42)24(47)27(15(7-39)57-32)59-31-20(36-12(3)43)25(48)28(16(8-40)58-31)61-33-21(37(5)13(4)44)26(49)22(45)14(6-38)56-33/h14-33,38-40,45-50H,6-9H2,1-5H3,(H,34,41)(H,35,42)(H,36,43)(H,51,52,53)/t14-,15-,16-,17-,18-,19-,20-,21-,22-,23?,24-,25?,26-,27-,28-,29-,30?,31+,32-,33-/m1/s1. The molecule has 4 fully saturated rings. The summed E-state index contributed by atoms with van der Waals surface area (Å²) in [7, 11) is -3.89. The number of likely N-dealkylation sites (N-methyl/N-ethyl adjacent to an activating group) is 1. The monoisotopic (exact) mass is 924 g/mol. The first kappa shape index (κ1) is 51.7. The average Bonchev–Trinajstić information content (AvgIpc) is 3.18. The van der Waals surface area contributed by atoms with Gasteiger partial charge in [-0.3, -0.25) is 23.7 Å². The Hall–Kier alpha value is -2.89. The molecule has 0 aromatic carbocycles. The van der Waals surface area contributed by atoms with Crippen LogP contribution in [0.2, 0.25) is 0 Å². The molecule has 29 heteroatoms. The van der Waals surface area contributed by atoms with Crippen molar-refractivity contribution in [2.75, 3.05) is 33.5 Å². The molecule has 4 aliphatic rings. The second kappa shape index (κ2) is 21.9. The number of ether oxygens (including phenoxy) is 7. The molecule has 62 heavy (non-hydrogen) atoms. The largest absolute Gasteiger partial charge is 0.397 e. The molecular weight excluding hydrogens is 868 g/mol. The number of hydrogen-bond acceptors (Lipinski definition) is 23. The zero-order valence-electron chi connectivity index (χ0n) is 33.9. The molecular formula is C33H56N4O24S. The van der Waals surface area contributed by atoms with Gasteiger partial charge >= 0.3 is 10.4 Å². The number of carbonyl (C=O) groups is 4. The van der Waals surface area contributed by atoms with Crippen LogP contribution in [-0.2, 0) is 66.9 Å². The first-order valence-corrected chi connectivity index (χ1v) is 20.5. The Bertz CT molecular complexity index is 1650. The van der Waals surface area contributed by atoms with E-state index in [1.165, 1.54) is 7.05 Å². The van der Waals surface area contributed by atoms with Crippen LogP contribution in [0.25, 0.3) is 0 Å². The number of hydrogen-bond donors (Lipinski definition) is 13. The summed E-state index contributed by atoms with van der Waals surface area (Å²) in [6.07, 6.45) is -28.7. The third-order valence-electron chi connectivity index (χ3n) is 10.6. The lowest BCUT2D eigenvalue weighted by Crippen LogP contribution is -2.71. The lowest BCUT2D eigenvalue weighted by molar-refractivity contribution is -0.363. The SMILES string of the molecule is CC(=O)N[C@H]1C(O)O[C@H](COS(=O)(=O)O)[C@@H](O[C@H]2O[C@H](CO)[C@@H](O[C@@H]3O[C@H](CO)[C@@H](O[C@H]4O[C@H](CO)[C@@H](O)[C@H](O)[C@H]4N(C)C(C)=O)C(O)[C@H]3NC(C)=O)[C@H](O)[C@H]2NC(C)=O)C1O. The molecule has 0 radical (unpaired) electrons. The van der Waals surface area contributed by atoms with Crippen LogP contribution >= 0.6 is 0 Å². The molecule has 4 heterocycles. The number of nitrogens with zero attached hydrogens (tertiary/aromatic N) is 1. The normalized spacial score (nSPS) is 41.5. The summed E-state index contributed by atoms with van der Waals surface area (Å²) >= 11 is 0. The molecule has 4 amide bonds. The fourth-order valence-electron chi connectivity index (χ4n) is 7.53. The van der Waals surface area contributed by atoms with Crippen LogP contribution in [0, 0.1) is 0 Å². The van der Waals surface area contributed by atoms with E-state index in [1.54, 1.807) is 0 Å². The van der Waals surface area contributed by atoms with Crippen LogP contribution < -0.4 is 16.0 Å². The van der Waals surface area contributed by atoms with E-state index in [9.17, 15) is 73.6 Å². The van der Waals surface area contributed by atoms with E-state index < -0.39 is 183 Å². The summed E-state index contributed by atoms with van der Waals surface area (Å²) in [6.45, 7) is 0.322. The zero-order chi connectivity index (χ0) is 46.5. The van der Waals surface area contributed by atoms with Gasteiger partial charge in [-0.05, 0) is 0 Å². The highest BCUT2D eigenvalue weighted by molar-refractivity contribution is 7.80. The topological polar surface area (TPSA) is 418 Å². The first-order chi connectivity index (χ1) is 28.9. The maximum atomic E-state index is 12.5. The van der Waals surface area contributed by atoms with E-state index in [4.69, 9.17) is 37.7 Å². The molecule has 4 saturated heterocycles. The number of rotatable bonds is 16. The molecule has 0 spiro atoms. The zero-order valence-corrected chi connectivity index (χ0v) is 34.7. The van der Waals surface area contributed by atoms with Crippen molar-refractivity contribution in [2.24, 2.45) is 0 Å². The summed E-state index contributed by atoms with van der Waals surface area (Å²) in [6, 6.07) is -6.51. The Morgan fingerprint density at radius 1 is 0.565 bits per heavy atom. The Balaban J connectivity index is 1.65. The Labute approximate surface area is 353 Å². The lowest BCUT2D eigenvalue weighted by atomic mass is 9.93. The van der Waals surface area contributed by atoms with Gasteiger partial charge in [-0.2, -0.15) is 8.42 Å². The van der Waals surface area contributed by atoms with Crippen molar-refractivity contribution in [3.05, 3.63) is 0 Å². The van der Waals surface area contributed by atoms with Gasteiger partial charge in [-0.1, -0.05) is 0 Å². The molecule has 0 aromatic heterocycles. The smallest absolute Gasteiger partial charge is 0.394 e.